The second kappa shape index (κ2) is 8.12. The minimum Gasteiger partial charge on any atom is -0.476 e. The van der Waals surface area contributed by atoms with Gasteiger partial charge in [-0.3, -0.25) is 4.57 Å². The third-order valence-corrected chi connectivity index (χ3v) is 4.30. The molecule has 1 aromatic heterocycles. The van der Waals surface area contributed by atoms with Gasteiger partial charge in [0.1, 0.15) is 11.6 Å². The van der Waals surface area contributed by atoms with Crippen molar-refractivity contribution in [3.8, 4) is 11.4 Å². The highest BCUT2D eigenvalue weighted by Gasteiger charge is 2.31. The summed E-state index contributed by atoms with van der Waals surface area (Å²) in [7, 11) is 2.70. The fraction of sp³-hybridized carbons (Fsp3) is 0.300. The lowest BCUT2D eigenvalue weighted by Crippen LogP contribution is -2.32. The molecule has 0 fully saturated rings. The zero-order valence-electron chi connectivity index (χ0n) is 16.0. The Labute approximate surface area is 164 Å². The molecule has 0 amide bonds. The monoisotopic (exact) mass is 408 g/mol. The van der Waals surface area contributed by atoms with Gasteiger partial charge in [-0.2, -0.15) is 13.2 Å². The van der Waals surface area contributed by atoms with E-state index < -0.39 is 23.8 Å². The van der Waals surface area contributed by atoms with Gasteiger partial charge in [0, 0.05) is 12.8 Å². The van der Waals surface area contributed by atoms with Gasteiger partial charge in [0.15, 0.2) is 0 Å². The number of carbonyl (C=O) groups excluding carboxylic acids is 1. The number of carbonyl (C=O) groups is 1. The van der Waals surface area contributed by atoms with Crippen molar-refractivity contribution in [2.75, 3.05) is 20.8 Å². The Balaban J connectivity index is 1.90. The second-order valence-electron chi connectivity index (χ2n) is 6.27. The maximum absolute atomic E-state index is 12.9. The number of rotatable bonds is 6. The number of fused-ring (bicyclic) bond motifs is 1. The molecule has 3 rings (SSSR count). The number of hydrogen-bond acceptors (Lipinski definition) is 5. The molecule has 1 heterocycles. The molecule has 0 saturated carbocycles. The van der Waals surface area contributed by atoms with Crippen LogP contribution < -0.4 is 4.74 Å². The van der Waals surface area contributed by atoms with E-state index in [2.05, 4.69) is 9.72 Å². The highest BCUT2D eigenvalue weighted by atomic mass is 19.4. The predicted octanol–water partition coefficient (Wildman–Crippen LogP) is 3.92. The highest BCUT2D eigenvalue weighted by molar-refractivity contribution is 5.79. The average molecular weight is 408 g/mol. The van der Waals surface area contributed by atoms with E-state index in [4.69, 9.17) is 9.47 Å². The standard InChI is InChI=1S/C20H19F3N2O4/c1-12-24-16-10-13(20(21,22)23)4-9-17(16)25(12)14-5-7-15(8-6-14)29-18(11-27-2)19(26)28-3/h4-10,18H,11H2,1-3H3. The largest absolute Gasteiger partial charge is 0.476 e. The van der Waals surface area contributed by atoms with Gasteiger partial charge in [0.05, 0.1) is 30.3 Å². The Morgan fingerprint density at radius 3 is 2.41 bits per heavy atom. The van der Waals surface area contributed by atoms with Crippen molar-refractivity contribution >= 4 is 17.0 Å². The average Bonchev–Trinajstić information content (AvgIpc) is 3.02. The van der Waals surface area contributed by atoms with Gasteiger partial charge in [0.25, 0.3) is 0 Å². The van der Waals surface area contributed by atoms with Crippen LogP contribution in [0.25, 0.3) is 16.7 Å². The first-order valence-electron chi connectivity index (χ1n) is 8.64. The Morgan fingerprint density at radius 2 is 1.83 bits per heavy atom. The van der Waals surface area contributed by atoms with Gasteiger partial charge in [-0.15, -0.1) is 0 Å². The van der Waals surface area contributed by atoms with E-state index in [1.807, 2.05) is 0 Å². The zero-order chi connectivity index (χ0) is 21.2. The fourth-order valence-corrected chi connectivity index (χ4v) is 2.97. The van der Waals surface area contributed by atoms with Crippen LogP contribution in [-0.4, -0.2) is 42.5 Å². The Kier molecular flexibility index (Phi) is 5.78. The number of ether oxygens (including phenoxy) is 3. The van der Waals surface area contributed by atoms with Crippen molar-refractivity contribution in [3.63, 3.8) is 0 Å². The molecule has 1 atom stereocenters. The van der Waals surface area contributed by atoms with Crippen LogP contribution in [0.4, 0.5) is 13.2 Å². The van der Waals surface area contributed by atoms with E-state index in [0.29, 0.717) is 22.8 Å². The molecule has 0 saturated heterocycles. The first-order valence-corrected chi connectivity index (χ1v) is 8.64. The number of halogens is 3. The Hall–Kier alpha value is -3.07. The lowest BCUT2D eigenvalue weighted by Gasteiger charge is -2.16. The van der Waals surface area contributed by atoms with Gasteiger partial charge in [-0.05, 0) is 49.4 Å². The molecular formula is C20H19F3N2O4. The van der Waals surface area contributed by atoms with Crippen molar-refractivity contribution < 1.29 is 32.2 Å². The molecule has 29 heavy (non-hydrogen) atoms. The summed E-state index contributed by atoms with van der Waals surface area (Å²) in [4.78, 5) is 16.0. The minimum atomic E-state index is -4.43. The molecule has 0 aliphatic rings. The molecule has 154 valence electrons. The normalized spacial score (nSPS) is 12.8. The van der Waals surface area contributed by atoms with Crippen LogP contribution in [-0.2, 0) is 20.4 Å². The number of aryl methyl sites for hydroxylation is 1. The van der Waals surface area contributed by atoms with Crippen molar-refractivity contribution in [2.45, 2.75) is 19.2 Å². The van der Waals surface area contributed by atoms with Gasteiger partial charge in [-0.25, -0.2) is 9.78 Å². The summed E-state index contributed by atoms with van der Waals surface area (Å²) >= 11 is 0. The number of benzene rings is 2. The van der Waals surface area contributed by atoms with Gasteiger partial charge in [0.2, 0.25) is 6.10 Å². The molecule has 6 nitrogen and oxygen atoms in total. The fourth-order valence-electron chi connectivity index (χ4n) is 2.97. The van der Waals surface area contributed by atoms with Gasteiger partial charge < -0.3 is 14.2 Å². The van der Waals surface area contributed by atoms with Gasteiger partial charge >= 0.3 is 12.1 Å². The van der Waals surface area contributed by atoms with Crippen LogP contribution >= 0.6 is 0 Å². The van der Waals surface area contributed by atoms with Crippen LogP contribution in [0, 0.1) is 6.92 Å². The van der Waals surface area contributed by atoms with E-state index in [0.717, 1.165) is 12.1 Å². The van der Waals surface area contributed by atoms with Crippen LogP contribution in [0.5, 0.6) is 5.75 Å². The molecule has 0 aliphatic heterocycles. The maximum Gasteiger partial charge on any atom is 0.416 e. The number of esters is 1. The number of methoxy groups -OCH3 is 2. The molecule has 3 aromatic rings. The summed E-state index contributed by atoms with van der Waals surface area (Å²) in [6.45, 7) is 1.74. The first-order chi connectivity index (χ1) is 13.7. The van der Waals surface area contributed by atoms with Crippen LogP contribution in [0.3, 0.4) is 0 Å². The van der Waals surface area contributed by atoms with Crippen molar-refractivity contribution in [1.29, 1.82) is 0 Å². The van der Waals surface area contributed by atoms with E-state index in [9.17, 15) is 18.0 Å². The maximum atomic E-state index is 12.9. The van der Waals surface area contributed by atoms with Crippen molar-refractivity contribution in [1.82, 2.24) is 9.55 Å². The number of alkyl halides is 3. The third kappa shape index (κ3) is 4.34. The molecule has 9 heteroatoms. The summed E-state index contributed by atoms with van der Waals surface area (Å²) < 4.78 is 55.8. The second-order valence-corrected chi connectivity index (χ2v) is 6.27. The summed E-state index contributed by atoms with van der Waals surface area (Å²) in [5, 5.41) is 0. The summed E-state index contributed by atoms with van der Waals surface area (Å²) in [5.74, 6) is 0.398. The topological polar surface area (TPSA) is 62.6 Å². The van der Waals surface area contributed by atoms with E-state index in [1.165, 1.54) is 20.3 Å². The molecule has 0 bridgehead atoms. The lowest BCUT2D eigenvalue weighted by atomic mass is 10.2. The molecule has 2 aromatic carbocycles. The first kappa shape index (κ1) is 20.7. The summed E-state index contributed by atoms with van der Waals surface area (Å²) in [6.07, 6.45) is -5.34. The number of aromatic nitrogens is 2. The molecule has 1 unspecified atom stereocenters. The third-order valence-electron chi connectivity index (χ3n) is 4.30. The molecular weight excluding hydrogens is 389 g/mol. The van der Waals surface area contributed by atoms with Crippen LogP contribution in [0.2, 0.25) is 0 Å². The molecule has 0 spiro atoms. The Bertz CT molecular complexity index is 1010. The number of imidazole rings is 1. The van der Waals surface area contributed by atoms with Crippen LogP contribution in [0.1, 0.15) is 11.4 Å². The molecule has 0 aliphatic carbocycles. The molecule has 0 radical (unpaired) electrons. The van der Waals surface area contributed by atoms with E-state index in [-0.39, 0.29) is 12.1 Å². The number of hydrogen-bond donors (Lipinski definition) is 0. The number of nitrogens with zero attached hydrogens (tertiary/aromatic N) is 2. The van der Waals surface area contributed by atoms with Crippen molar-refractivity contribution in [2.24, 2.45) is 0 Å². The quantitative estimate of drug-likeness (QED) is 0.579. The van der Waals surface area contributed by atoms with E-state index in [1.54, 1.807) is 35.8 Å². The van der Waals surface area contributed by atoms with E-state index >= 15 is 0 Å². The minimum absolute atomic E-state index is 0.0290. The van der Waals surface area contributed by atoms with Crippen molar-refractivity contribution in [3.05, 3.63) is 53.9 Å². The Morgan fingerprint density at radius 1 is 1.14 bits per heavy atom. The lowest BCUT2D eigenvalue weighted by molar-refractivity contribution is -0.151. The summed E-state index contributed by atoms with van der Waals surface area (Å²) in [6, 6.07) is 10.2. The van der Waals surface area contributed by atoms with Crippen LogP contribution in [0.15, 0.2) is 42.5 Å². The SMILES string of the molecule is COCC(Oc1ccc(-n2c(C)nc3cc(C(F)(F)F)ccc32)cc1)C(=O)OC. The predicted molar refractivity (Wildman–Crippen MR) is 99.1 cm³/mol. The smallest absolute Gasteiger partial charge is 0.416 e. The highest BCUT2D eigenvalue weighted by Crippen LogP contribution is 2.32. The van der Waals surface area contributed by atoms with Gasteiger partial charge in [-0.1, -0.05) is 0 Å². The summed E-state index contributed by atoms with van der Waals surface area (Å²) in [5.41, 5.74) is 0.753. The molecule has 0 N–H and O–H groups in total. The zero-order valence-corrected chi connectivity index (χ0v) is 16.0.